The first-order valence-corrected chi connectivity index (χ1v) is 12.7. The van der Waals surface area contributed by atoms with Gasteiger partial charge in [0.2, 0.25) is 16.0 Å². The van der Waals surface area contributed by atoms with Crippen molar-refractivity contribution in [2.75, 3.05) is 16.2 Å². The zero-order valence-electron chi connectivity index (χ0n) is 18.7. The van der Waals surface area contributed by atoms with Gasteiger partial charge < -0.3 is 5.32 Å². The summed E-state index contributed by atoms with van der Waals surface area (Å²) in [5.41, 5.74) is 3.32. The van der Waals surface area contributed by atoms with Crippen LogP contribution in [0.4, 0.5) is 17.5 Å². The number of halogens is 1. The third-order valence-electron chi connectivity index (χ3n) is 5.79. The lowest BCUT2D eigenvalue weighted by Crippen LogP contribution is -2.31. The first-order chi connectivity index (χ1) is 16.9. The molecule has 0 atom stereocenters. The molecule has 2 aromatic carbocycles. The van der Waals surface area contributed by atoms with Crippen LogP contribution in [0.1, 0.15) is 16.7 Å². The predicted octanol–water partition coefficient (Wildman–Crippen LogP) is 4.04. The number of nitrogens with one attached hydrogen (secondary N) is 1. The SMILES string of the molecule is Cn1nccc1Nc1nccc(-c2cc(C#N)c3c(c2)CCN3S(=O)(=O)Cc2ccccc2Cl)n1. The van der Waals surface area contributed by atoms with Crippen LogP contribution in [0.3, 0.4) is 0 Å². The Morgan fingerprint density at radius 2 is 2.00 bits per heavy atom. The van der Waals surface area contributed by atoms with Crippen LogP contribution in [0, 0.1) is 11.3 Å². The quantitative estimate of drug-likeness (QED) is 0.420. The highest BCUT2D eigenvalue weighted by molar-refractivity contribution is 7.92. The molecule has 9 nitrogen and oxygen atoms in total. The Kier molecular flexibility index (Phi) is 5.88. The van der Waals surface area contributed by atoms with Crippen molar-refractivity contribution in [3.05, 3.63) is 82.6 Å². The Balaban J connectivity index is 1.48. The Hall–Kier alpha value is -3.94. The molecular formula is C24H20ClN7O2S. The minimum Gasteiger partial charge on any atom is -0.309 e. The number of hydrogen-bond donors (Lipinski definition) is 1. The van der Waals surface area contributed by atoms with Crippen molar-refractivity contribution in [1.29, 1.82) is 5.26 Å². The fraction of sp³-hybridized carbons (Fsp3) is 0.167. The first kappa shape index (κ1) is 22.8. The fourth-order valence-electron chi connectivity index (χ4n) is 4.11. The van der Waals surface area contributed by atoms with Crippen LogP contribution in [-0.4, -0.2) is 34.7 Å². The number of benzene rings is 2. The fourth-order valence-corrected chi connectivity index (χ4v) is 6.05. The van der Waals surface area contributed by atoms with Crippen molar-refractivity contribution in [1.82, 2.24) is 19.7 Å². The lowest BCUT2D eigenvalue weighted by atomic mass is 10.0. The van der Waals surface area contributed by atoms with E-state index in [-0.39, 0.29) is 17.9 Å². The zero-order chi connectivity index (χ0) is 24.6. The van der Waals surface area contributed by atoms with Gasteiger partial charge in [-0.25, -0.2) is 18.4 Å². The van der Waals surface area contributed by atoms with Gasteiger partial charge in [-0.15, -0.1) is 0 Å². The van der Waals surface area contributed by atoms with Crippen molar-refractivity contribution in [2.45, 2.75) is 12.2 Å². The van der Waals surface area contributed by atoms with E-state index in [4.69, 9.17) is 11.6 Å². The van der Waals surface area contributed by atoms with Gasteiger partial charge in [-0.1, -0.05) is 29.8 Å². The van der Waals surface area contributed by atoms with Crippen LogP contribution in [0.25, 0.3) is 11.3 Å². The van der Waals surface area contributed by atoms with Crippen LogP contribution in [0.15, 0.2) is 60.9 Å². The number of nitrogens with zero attached hydrogens (tertiary/aromatic N) is 6. The molecule has 4 aromatic rings. The molecule has 0 amide bonds. The summed E-state index contributed by atoms with van der Waals surface area (Å²) in [5, 5.41) is 17.5. The number of rotatable bonds is 6. The summed E-state index contributed by atoms with van der Waals surface area (Å²) >= 11 is 6.19. The molecule has 1 N–H and O–H groups in total. The molecule has 176 valence electrons. The van der Waals surface area contributed by atoms with Crippen LogP contribution < -0.4 is 9.62 Å². The van der Waals surface area contributed by atoms with Crippen molar-refractivity contribution in [2.24, 2.45) is 7.05 Å². The second-order valence-corrected chi connectivity index (χ2v) is 10.3. The smallest absolute Gasteiger partial charge is 0.239 e. The van der Waals surface area contributed by atoms with Gasteiger partial charge in [-0.2, -0.15) is 10.4 Å². The van der Waals surface area contributed by atoms with Crippen molar-refractivity contribution >= 4 is 39.1 Å². The topological polar surface area (TPSA) is 117 Å². The van der Waals surface area contributed by atoms with Crippen molar-refractivity contribution in [3.8, 4) is 17.3 Å². The van der Waals surface area contributed by atoms with Gasteiger partial charge in [-0.05, 0) is 41.8 Å². The van der Waals surface area contributed by atoms with Gasteiger partial charge in [0.15, 0.2) is 0 Å². The summed E-state index contributed by atoms with van der Waals surface area (Å²) in [7, 11) is -1.94. The third-order valence-corrected chi connectivity index (χ3v) is 7.87. The molecule has 0 radical (unpaired) electrons. The van der Waals surface area contributed by atoms with Gasteiger partial charge >= 0.3 is 0 Å². The second-order valence-electron chi connectivity index (χ2n) is 8.04. The molecule has 1 aliphatic heterocycles. The molecule has 0 spiro atoms. The molecule has 11 heteroatoms. The standard InChI is InChI=1S/C24H20ClN7O2S/c1-31-22(7-10-28-31)30-24-27-9-6-21(29-24)18-12-16-8-11-32(23(16)19(13-18)14-26)35(33,34)15-17-4-2-3-5-20(17)25/h2-7,9-10,12-13H,8,11,15H2,1H3,(H,27,29,30). The first-order valence-electron chi connectivity index (χ1n) is 10.7. The molecule has 0 bridgehead atoms. The van der Waals surface area contributed by atoms with E-state index < -0.39 is 10.0 Å². The Morgan fingerprint density at radius 3 is 2.74 bits per heavy atom. The molecule has 0 unspecified atom stereocenters. The molecule has 35 heavy (non-hydrogen) atoms. The lowest BCUT2D eigenvalue weighted by Gasteiger charge is -2.21. The molecule has 0 fully saturated rings. The number of nitriles is 1. The summed E-state index contributed by atoms with van der Waals surface area (Å²) in [4.78, 5) is 8.83. The van der Waals surface area contributed by atoms with Crippen LogP contribution in [-0.2, 0) is 29.2 Å². The van der Waals surface area contributed by atoms with Crippen LogP contribution in [0.5, 0.6) is 0 Å². The number of fused-ring (bicyclic) bond motifs is 1. The number of aryl methyl sites for hydroxylation is 1. The normalized spacial score (nSPS) is 12.9. The summed E-state index contributed by atoms with van der Waals surface area (Å²) in [6, 6.07) is 16.1. The predicted molar refractivity (Wildman–Crippen MR) is 134 cm³/mol. The highest BCUT2D eigenvalue weighted by Gasteiger charge is 2.33. The number of sulfonamides is 1. The van der Waals surface area contributed by atoms with Gasteiger partial charge in [-0.3, -0.25) is 8.99 Å². The summed E-state index contributed by atoms with van der Waals surface area (Å²) in [6.45, 7) is 0.261. The lowest BCUT2D eigenvalue weighted by molar-refractivity contribution is 0.591. The van der Waals surface area contributed by atoms with Gasteiger partial charge in [0.25, 0.3) is 0 Å². The Labute approximate surface area is 207 Å². The molecule has 0 saturated carbocycles. The maximum atomic E-state index is 13.3. The molecule has 0 saturated heterocycles. The maximum absolute atomic E-state index is 13.3. The van der Waals surface area contributed by atoms with E-state index in [9.17, 15) is 13.7 Å². The van der Waals surface area contributed by atoms with Crippen molar-refractivity contribution < 1.29 is 8.42 Å². The van der Waals surface area contributed by atoms with E-state index in [1.807, 2.05) is 6.07 Å². The number of anilines is 3. The molecule has 3 heterocycles. The molecular weight excluding hydrogens is 486 g/mol. The largest absolute Gasteiger partial charge is 0.309 e. The highest BCUT2D eigenvalue weighted by Crippen LogP contribution is 2.38. The Bertz CT molecular complexity index is 1580. The van der Waals surface area contributed by atoms with E-state index in [2.05, 4.69) is 26.5 Å². The summed E-state index contributed by atoms with van der Waals surface area (Å²) in [5.74, 6) is 0.871. The summed E-state index contributed by atoms with van der Waals surface area (Å²) < 4.78 is 29.6. The molecule has 1 aliphatic rings. The minimum atomic E-state index is -3.74. The van der Waals surface area contributed by atoms with E-state index in [0.29, 0.717) is 39.9 Å². The Morgan fingerprint density at radius 1 is 1.17 bits per heavy atom. The van der Waals surface area contributed by atoms with Gasteiger partial charge in [0.1, 0.15) is 11.9 Å². The average Bonchev–Trinajstić information content (AvgIpc) is 3.46. The second kappa shape index (κ2) is 9.02. The van der Waals surface area contributed by atoms with Crippen LogP contribution in [0.2, 0.25) is 5.02 Å². The van der Waals surface area contributed by atoms with E-state index in [1.165, 1.54) is 4.31 Å². The number of aromatic nitrogens is 4. The monoisotopic (exact) mass is 505 g/mol. The molecule has 2 aromatic heterocycles. The van der Waals surface area contributed by atoms with E-state index in [0.717, 1.165) is 11.4 Å². The zero-order valence-corrected chi connectivity index (χ0v) is 20.3. The van der Waals surface area contributed by atoms with Crippen LogP contribution >= 0.6 is 11.6 Å². The average molecular weight is 506 g/mol. The van der Waals surface area contributed by atoms with E-state index >= 15 is 0 Å². The number of hydrogen-bond acceptors (Lipinski definition) is 7. The third kappa shape index (κ3) is 4.43. The minimum absolute atomic E-state index is 0.242. The van der Waals surface area contributed by atoms with Gasteiger partial charge in [0, 0.05) is 36.4 Å². The molecule has 5 rings (SSSR count). The highest BCUT2D eigenvalue weighted by atomic mass is 35.5. The molecule has 0 aliphatic carbocycles. The van der Waals surface area contributed by atoms with Gasteiger partial charge in [0.05, 0.1) is 28.9 Å². The van der Waals surface area contributed by atoms with Crippen molar-refractivity contribution in [3.63, 3.8) is 0 Å². The van der Waals surface area contributed by atoms with E-state index in [1.54, 1.807) is 66.6 Å². The maximum Gasteiger partial charge on any atom is 0.239 e. The summed E-state index contributed by atoms with van der Waals surface area (Å²) in [6.07, 6.45) is 3.78.